The minimum absolute atomic E-state index is 0.0926. The normalized spacial score (nSPS) is 18.4. The number of rotatable bonds is 12. The molecular weight excluding hydrogens is 498 g/mol. The summed E-state index contributed by atoms with van der Waals surface area (Å²) in [7, 11) is -2.29. The highest BCUT2D eigenvalue weighted by Crippen LogP contribution is 2.44. The second-order valence-electron chi connectivity index (χ2n) is 12.0. The van der Waals surface area contributed by atoms with Gasteiger partial charge in [-0.05, 0) is 65.6 Å². The summed E-state index contributed by atoms with van der Waals surface area (Å²) in [6, 6.07) is 3.98. The molecule has 214 valence electrons. The van der Waals surface area contributed by atoms with Crippen LogP contribution in [0.5, 0.6) is 0 Å². The highest BCUT2D eigenvalue weighted by molar-refractivity contribution is 6.77. The van der Waals surface area contributed by atoms with Crippen molar-refractivity contribution in [2.24, 2.45) is 5.92 Å². The molecule has 2 rings (SSSR count). The van der Waals surface area contributed by atoms with Crippen molar-refractivity contribution in [3.05, 3.63) is 34.9 Å². The third-order valence-corrected chi connectivity index (χ3v) is 14.3. The summed E-state index contributed by atoms with van der Waals surface area (Å²) in [5.41, 5.74) is 0.434. The first kappa shape index (κ1) is 32.2. The van der Waals surface area contributed by atoms with E-state index in [1.807, 2.05) is 6.92 Å². The Kier molecular flexibility index (Phi) is 11.3. The number of likely N-dealkylation sites (tertiary alicyclic amines) is 1. The highest BCUT2D eigenvalue weighted by atomic mass is 28.4. The lowest BCUT2D eigenvalue weighted by Crippen LogP contribution is -2.48. The number of hydrogen-bond donors (Lipinski definition) is 0. The average molecular weight is 548 g/mol. The minimum Gasteiger partial charge on any atom is -0.412 e. The van der Waals surface area contributed by atoms with Crippen LogP contribution in [0.15, 0.2) is 18.2 Å². The van der Waals surface area contributed by atoms with E-state index in [4.69, 9.17) is 9.16 Å². The highest BCUT2D eigenvalue weighted by Gasteiger charge is 2.45. The zero-order valence-corrected chi connectivity index (χ0v) is 25.3. The molecule has 1 aliphatic heterocycles. The molecule has 8 heteroatoms. The zero-order valence-electron chi connectivity index (χ0n) is 24.3. The Bertz CT molecular complexity index is 827. The Morgan fingerprint density at radius 2 is 1.49 bits per heavy atom. The predicted octanol–water partition coefficient (Wildman–Crippen LogP) is 8.94. The van der Waals surface area contributed by atoms with E-state index in [1.54, 1.807) is 6.07 Å². The smallest absolute Gasteiger partial charge is 0.412 e. The van der Waals surface area contributed by atoms with Gasteiger partial charge in [0.05, 0.1) is 18.8 Å². The van der Waals surface area contributed by atoms with Crippen molar-refractivity contribution in [2.75, 3.05) is 26.3 Å². The van der Waals surface area contributed by atoms with E-state index in [-0.39, 0.29) is 25.2 Å². The van der Waals surface area contributed by atoms with Gasteiger partial charge < -0.3 is 9.16 Å². The number of nitrogens with zero attached hydrogens (tertiary/aromatic N) is 1. The number of benzene rings is 1. The fourth-order valence-corrected chi connectivity index (χ4v) is 11.9. The van der Waals surface area contributed by atoms with Crippen LogP contribution in [0, 0.1) is 5.92 Å². The molecule has 0 aromatic heterocycles. The molecule has 1 aromatic carbocycles. The van der Waals surface area contributed by atoms with E-state index in [2.05, 4.69) is 60.3 Å². The molecule has 0 saturated carbocycles. The molecule has 1 atom stereocenters. The van der Waals surface area contributed by atoms with Crippen LogP contribution >= 0.6 is 0 Å². The molecule has 1 fully saturated rings. The molecule has 1 unspecified atom stereocenters. The van der Waals surface area contributed by atoms with Gasteiger partial charge in [-0.1, -0.05) is 61.5 Å². The first-order valence-corrected chi connectivity index (χ1v) is 16.1. The summed E-state index contributed by atoms with van der Waals surface area (Å²) in [6.45, 7) is 20.9. The fraction of sp³-hybridized carbons (Fsp3) is 0.793. The molecule has 0 N–H and O–H groups in total. The Morgan fingerprint density at radius 3 is 1.92 bits per heavy atom. The molecular formula is C29H49F4NO2Si. The maximum Gasteiger partial charge on any atom is 0.416 e. The first-order valence-electron chi connectivity index (χ1n) is 13.9. The average Bonchev–Trinajstić information content (AvgIpc) is 2.79. The molecule has 0 amide bonds. The van der Waals surface area contributed by atoms with Crippen molar-refractivity contribution in [1.82, 2.24) is 4.90 Å². The predicted molar refractivity (Wildman–Crippen MR) is 146 cm³/mol. The Labute approximate surface area is 223 Å². The summed E-state index contributed by atoms with van der Waals surface area (Å²) in [5, 5.41) is 0. The van der Waals surface area contributed by atoms with Crippen molar-refractivity contribution < 1.29 is 26.7 Å². The summed E-state index contributed by atoms with van der Waals surface area (Å²) in [5.74, 6) is 0.136. The molecule has 0 spiro atoms. The van der Waals surface area contributed by atoms with Gasteiger partial charge in [0.15, 0.2) is 0 Å². The van der Waals surface area contributed by atoms with Crippen molar-refractivity contribution in [3.8, 4) is 0 Å². The van der Waals surface area contributed by atoms with Gasteiger partial charge in [0.25, 0.3) is 0 Å². The van der Waals surface area contributed by atoms with E-state index in [0.29, 0.717) is 54.7 Å². The maximum absolute atomic E-state index is 15.3. The van der Waals surface area contributed by atoms with E-state index in [9.17, 15) is 13.2 Å². The van der Waals surface area contributed by atoms with Crippen LogP contribution in [0.3, 0.4) is 0 Å². The largest absolute Gasteiger partial charge is 0.416 e. The van der Waals surface area contributed by atoms with Gasteiger partial charge in [-0.25, -0.2) is 4.39 Å². The molecule has 1 aliphatic rings. The fourth-order valence-electron chi connectivity index (χ4n) is 6.51. The zero-order chi connectivity index (χ0) is 28.2. The minimum atomic E-state index is -4.43. The van der Waals surface area contributed by atoms with Crippen molar-refractivity contribution >= 4 is 8.32 Å². The van der Waals surface area contributed by atoms with Gasteiger partial charge in [-0.15, -0.1) is 0 Å². The van der Waals surface area contributed by atoms with Gasteiger partial charge in [0.2, 0.25) is 8.32 Å². The standard InChI is InChI=1S/C29H49F4NO2Si/c1-10-35-19-28(30)13-15-34(16-14-28)27(20(2)3)26-12-11-25(29(31,32)33)17-24(26)18-36-37(21(4)5,22(6)7)23(8)9/h11-12,17,20-23,27H,10,13-16,18-19H2,1-9H3. The lowest BCUT2D eigenvalue weighted by Gasteiger charge is -2.44. The van der Waals surface area contributed by atoms with E-state index in [1.165, 1.54) is 12.1 Å². The number of halogens is 4. The third-order valence-electron chi connectivity index (χ3n) is 8.26. The second-order valence-corrected chi connectivity index (χ2v) is 17.5. The lowest BCUT2D eigenvalue weighted by atomic mass is 9.86. The molecule has 1 aromatic rings. The second kappa shape index (κ2) is 12.9. The summed E-state index contributed by atoms with van der Waals surface area (Å²) in [4.78, 5) is 2.23. The SMILES string of the molecule is CCOCC1(F)CCN(C(c2ccc(C(F)(F)F)cc2CO[Si](C(C)C)(C(C)C)C(C)C)C(C)C)CC1. The summed E-state index contributed by atoms with van der Waals surface area (Å²) < 4.78 is 68.7. The van der Waals surface area contributed by atoms with Gasteiger partial charge in [0, 0.05) is 25.7 Å². The molecule has 3 nitrogen and oxygen atoms in total. The van der Waals surface area contributed by atoms with Crippen LogP contribution in [-0.4, -0.2) is 45.2 Å². The Hall–Kier alpha value is -0.963. The van der Waals surface area contributed by atoms with Gasteiger partial charge in [-0.3, -0.25) is 4.90 Å². The molecule has 37 heavy (non-hydrogen) atoms. The number of piperidine rings is 1. The molecule has 1 heterocycles. The number of ether oxygens (including phenoxy) is 1. The molecule has 0 radical (unpaired) electrons. The van der Waals surface area contributed by atoms with Crippen LogP contribution in [0.1, 0.15) is 97.9 Å². The van der Waals surface area contributed by atoms with Gasteiger partial charge in [0.1, 0.15) is 5.67 Å². The van der Waals surface area contributed by atoms with Crippen molar-refractivity contribution in [1.29, 1.82) is 0 Å². The van der Waals surface area contributed by atoms with Crippen LogP contribution in [0.25, 0.3) is 0 Å². The van der Waals surface area contributed by atoms with Gasteiger partial charge >= 0.3 is 6.18 Å². The van der Waals surface area contributed by atoms with Crippen molar-refractivity contribution in [3.63, 3.8) is 0 Å². The Balaban J connectivity index is 2.46. The van der Waals surface area contributed by atoms with Crippen LogP contribution in [0.4, 0.5) is 17.6 Å². The quantitative estimate of drug-likeness (QED) is 0.193. The summed E-state index contributed by atoms with van der Waals surface area (Å²) in [6.07, 6.45) is -3.72. The maximum atomic E-state index is 15.3. The summed E-state index contributed by atoms with van der Waals surface area (Å²) >= 11 is 0. The molecule has 0 bridgehead atoms. The van der Waals surface area contributed by atoms with E-state index < -0.39 is 25.7 Å². The Morgan fingerprint density at radius 1 is 0.946 bits per heavy atom. The van der Waals surface area contributed by atoms with E-state index >= 15 is 4.39 Å². The third kappa shape index (κ3) is 7.58. The monoisotopic (exact) mass is 547 g/mol. The van der Waals surface area contributed by atoms with Crippen molar-refractivity contribution in [2.45, 2.75) is 116 Å². The first-order chi connectivity index (χ1) is 17.1. The molecule has 0 aliphatic carbocycles. The van der Waals surface area contributed by atoms with Crippen LogP contribution < -0.4 is 0 Å². The van der Waals surface area contributed by atoms with Gasteiger partial charge in [-0.2, -0.15) is 13.2 Å². The molecule has 1 saturated heterocycles. The number of hydrogen-bond acceptors (Lipinski definition) is 3. The van der Waals surface area contributed by atoms with Crippen LogP contribution in [0.2, 0.25) is 16.6 Å². The lowest BCUT2D eigenvalue weighted by molar-refractivity contribution is -0.137. The van der Waals surface area contributed by atoms with E-state index in [0.717, 1.165) is 5.56 Å². The van der Waals surface area contributed by atoms with Crippen LogP contribution in [-0.2, 0) is 21.9 Å². The number of alkyl halides is 4. The topological polar surface area (TPSA) is 21.7 Å².